The molecule has 26 heavy (non-hydrogen) atoms. The second-order valence-electron chi connectivity index (χ2n) is 6.16. The van der Waals surface area contributed by atoms with E-state index < -0.39 is 0 Å². The van der Waals surface area contributed by atoms with Crippen LogP contribution >= 0.6 is 11.6 Å². The summed E-state index contributed by atoms with van der Waals surface area (Å²) in [6, 6.07) is 17.8. The van der Waals surface area contributed by atoms with Crippen LogP contribution in [-0.4, -0.2) is 26.5 Å². The number of anilines is 1. The Hall–Kier alpha value is -2.63. The lowest BCUT2D eigenvalue weighted by atomic mass is 10.0. The van der Waals surface area contributed by atoms with Gasteiger partial charge in [-0.1, -0.05) is 60.1 Å². The average molecular weight is 367 g/mol. The van der Waals surface area contributed by atoms with Gasteiger partial charge in [0.15, 0.2) is 5.82 Å². The Balaban J connectivity index is 1.79. The van der Waals surface area contributed by atoms with Crippen LogP contribution in [0.5, 0.6) is 0 Å². The number of hydrogen-bond acceptors (Lipinski definition) is 4. The quantitative estimate of drug-likeness (QED) is 0.718. The standard InChI is InChI=1S/C20H19ClN4O/c21-16-10-5-4-9-15(16)18-13-17(14-7-2-1-3-8-14)22-20-23-19(11-6-12-26)24-25(18)20/h1-5,7-10,13,18,26H,6,11-12H2,(H,22,23,24)/t18-/m1/s1. The van der Waals surface area contributed by atoms with Crippen LogP contribution in [0.25, 0.3) is 5.70 Å². The molecule has 0 saturated carbocycles. The Bertz CT molecular complexity index is 936. The molecular formula is C20H19ClN4O. The fourth-order valence-corrected chi connectivity index (χ4v) is 3.35. The number of aliphatic hydroxyl groups excluding tert-OH is 1. The summed E-state index contributed by atoms with van der Waals surface area (Å²) in [5, 5.41) is 17.8. The summed E-state index contributed by atoms with van der Waals surface area (Å²) >= 11 is 6.46. The van der Waals surface area contributed by atoms with Crippen molar-refractivity contribution in [2.24, 2.45) is 0 Å². The van der Waals surface area contributed by atoms with E-state index in [0.29, 0.717) is 29.6 Å². The number of benzene rings is 2. The summed E-state index contributed by atoms with van der Waals surface area (Å²) in [6.07, 6.45) is 3.39. The van der Waals surface area contributed by atoms with Gasteiger partial charge in [-0.25, -0.2) is 4.68 Å². The number of fused-ring (bicyclic) bond motifs is 1. The van der Waals surface area contributed by atoms with Crippen LogP contribution in [0.1, 0.15) is 29.4 Å². The van der Waals surface area contributed by atoms with Crippen LogP contribution in [0.2, 0.25) is 5.02 Å². The molecule has 0 fully saturated rings. The summed E-state index contributed by atoms with van der Waals surface area (Å²) < 4.78 is 1.86. The first kappa shape index (κ1) is 16.8. The number of halogens is 1. The molecule has 0 aliphatic carbocycles. The minimum Gasteiger partial charge on any atom is -0.396 e. The van der Waals surface area contributed by atoms with Crippen LogP contribution in [0.4, 0.5) is 5.95 Å². The third kappa shape index (κ3) is 3.23. The molecule has 1 aliphatic rings. The summed E-state index contributed by atoms with van der Waals surface area (Å²) in [4.78, 5) is 4.62. The monoisotopic (exact) mass is 366 g/mol. The third-order valence-corrected chi connectivity index (χ3v) is 4.72. The number of rotatable bonds is 5. The van der Waals surface area contributed by atoms with Gasteiger partial charge >= 0.3 is 0 Å². The van der Waals surface area contributed by atoms with Gasteiger partial charge in [0.1, 0.15) is 6.04 Å². The Kier molecular flexibility index (Phi) is 4.73. The molecule has 0 saturated heterocycles. The van der Waals surface area contributed by atoms with Crippen molar-refractivity contribution in [2.75, 3.05) is 11.9 Å². The predicted molar refractivity (Wildman–Crippen MR) is 103 cm³/mol. The molecule has 0 bridgehead atoms. The van der Waals surface area contributed by atoms with Gasteiger partial charge in [-0.05, 0) is 29.7 Å². The highest BCUT2D eigenvalue weighted by molar-refractivity contribution is 6.31. The van der Waals surface area contributed by atoms with Crippen molar-refractivity contribution in [1.29, 1.82) is 0 Å². The Morgan fingerprint density at radius 1 is 1.08 bits per heavy atom. The zero-order valence-corrected chi connectivity index (χ0v) is 14.9. The second-order valence-corrected chi connectivity index (χ2v) is 6.57. The number of nitrogens with zero attached hydrogens (tertiary/aromatic N) is 3. The molecule has 6 heteroatoms. The van der Waals surface area contributed by atoms with Gasteiger partial charge in [-0.2, -0.15) is 10.1 Å². The summed E-state index contributed by atoms with van der Waals surface area (Å²) in [5.41, 5.74) is 3.03. The van der Waals surface area contributed by atoms with Crippen LogP contribution in [0, 0.1) is 0 Å². The van der Waals surface area contributed by atoms with E-state index in [1.807, 2.05) is 47.1 Å². The lowest BCUT2D eigenvalue weighted by Crippen LogP contribution is -2.20. The molecule has 0 amide bonds. The van der Waals surface area contributed by atoms with Crippen molar-refractivity contribution in [1.82, 2.24) is 14.8 Å². The highest BCUT2D eigenvalue weighted by Gasteiger charge is 2.26. The largest absolute Gasteiger partial charge is 0.396 e. The fourth-order valence-electron chi connectivity index (χ4n) is 3.10. The van der Waals surface area contributed by atoms with Gasteiger partial charge in [0, 0.05) is 23.7 Å². The Morgan fingerprint density at radius 2 is 1.85 bits per heavy atom. The Labute approximate surface area is 157 Å². The van der Waals surface area contributed by atoms with Crippen molar-refractivity contribution in [3.8, 4) is 0 Å². The molecule has 1 aliphatic heterocycles. The molecule has 1 atom stereocenters. The van der Waals surface area contributed by atoms with Crippen molar-refractivity contribution in [3.63, 3.8) is 0 Å². The second kappa shape index (κ2) is 7.32. The molecule has 5 nitrogen and oxygen atoms in total. The number of nitrogens with one attached hydrogen (secondary N) is 1. The number of hydrogen-bond donors (Lipinski definition) is 2. The van der Waals surface area contributed by atoms with Crippen molar-refractivity contribution in [3.05, 3.63) is 82.6 Å². The zero-order chi connectivity index (χ0) is 17.9. The minimum atomic E-state index is -0.148. The normalized spacial score (nSPS) is 15.9. The molecule has 2 heterocycles. The first-order valence-corrected chi connectivity index (χ1v) is 8.99. The van der Waals surface area contributed by atoms with Crippen LogP contribution in [0.15, 0.2) is 60.7 Å². The maximum absolute atomic E-state index is 9.08. The van der Waals surface area contributed by atoms with Gasteiger partial charge in [-0.15, -0.1) is 0 Å². The van der Waals surface area contributed by atoms with Gasteiger partial charge in [-0.3, -0.25) is 0 Å². The highest BCUT2D eigenvalue weighted by Crippen LogP contribution is 2.35. The Morgan fingerprint density at radius 3 is 2.62 bits per heavy atom. The molecule has 2 aromatic carbocycles. The molecule has 132 valence electrons. The van der Waals surface area contributed by atoms with Crippen LogP contribution in [-0.2, 0) is 6.42 Å². The summed E-state index contributed by atoms with van der Waals surface area (Å²) in [7, 11) is 0. The van der Waals surface area contributed by atoms with Gasteiger partial charge in [0.25, 0.3) is 0 Å². The SMILES string of the molecule is OCCCc1nc2n(n1)[C@@H](c1ccccc1Cl)C=C(c1ccccc1)N2. The first-order valence-electron chi connectivity index (χ1n) is 8.61. The number of aryl methyl sites for hydroxylation is 1. The van der Waals surface area contributed by atoms with Gasteiger partial charge < -0.3 is 10.4 Å². The van der Waals surface area contributed by atoms with E-state index in [2.05, 4.69) is 33.6 Å². The van der Waals surface area contributed by atoms with Crippen LogP contribution < -0.4 is 5.32 Å². The molecule has 0 radical (unpaired) electrons. The zero-order valence-electron chi connectivity index (χ0n) is 14.1. The topological polar surface area (TPSA) is 63.0 Å². The molecule has 2 N–H and O–H groups in total. The first-order chi connectivity index (χ1) is 12.8. The maximum Gasteiger partial charge on any atom is 0.226 e. The highest BCUT2D eigenvalue weighted by atomic mass is 35.5. The van der Waals surface area contributed by atoms with Gasteiger partial charge in [0.2, 0.25) is 5.95 Å². The van der Waals surface area contributed by atoms with E-state index in [9.17, 15) is 0 Å². The van der Waals surface area contributed by atoms with Crippen molar-refractivity contribution in [2.45, 2.75) is 18.9 Å². The van der Waals surface area contributed by atoms with Crippen molar-refractivity contribution >= 4 is 23.2 Å². The van der Waals surface area contributed by atoms with E-state index in [-0.39, 0.29) is 12.6 Å². The fraction of sp³-hybridized carbons (Fsp3) is 0.200. The number of aromatic nitrogens is 3. The van der Waals surface area contributed by atoms with E-state index in [4.69, 9.17) is 16.7 Å². The summed E-state index contributed by atoms with van der Waals surface area (Å²) in [5.74, 6) is 1.39. The lowest BCUT2D eigenvalue weighted by molar-refractivity contribution is 0.287. The third-order valence-electron chi connectivity index (χ3n) is 4.38. The average Bonchev–Trinajstić information content (AvgIpc) is 3.10. The molecule has 1 aromatic heterocycles. The molecule has 4 rings (SSSR count). The minimum absolute atomic E-state index is 0.124. The van der Waals surface area contributed by atoms with Gasteiger partial charge in [0.05, 0.1) is 0 Å². The lowest BCUT2D eigenvalue weighted by Gasteiger charge is -2.25. The predicted octanol–water partition coefficient (Wildman–Crippen LogP) is 3.91. The van der Waals surface area contributed by atoms with E-state index >= 15 is 0 Å². The smallest absolute Gasteiger partial charge is 0.226 e. The molecule has 3 aromatic rings. The van der Waals surface area contributed by atoms with E-state index in [0.717, 1.165) is 16.8 Å². The molecular weight excluding hydrogens is 348 g/mol. The van der Waals surface area contributed by atoms with Crippen molar-refractivity contribution < 1.29 is 5.11 Å². The number of aliphatic hydroxyl groups is 1. The van der Waals surface area contributed by atoms with Crippen LogP contribution in [0.3, 0.4) is 0 Å². The molecule has 0 unspecified atom stereocenters. The number of allylic oxidation sites excluding steroid dienone is 1. The maximum atomic E-state index is 9.08. The summed E-state index contributed by atoms with van der Waals surface area (Å²) in [6.45, 7) is 0.124. The van der Waals surface area contributed by atoms with E-state index in [1.54, 1.807) is 0 Å². The van der Waals surface area contributed by atoms with E-state index in [1.165, 1.54) is 0 Å². The molecule has 0 spiro atoms.